The van der Waals surface area contributed by atoms with Crippen LogP contribution < -0.4 is 5.32 Å². The molecular formula is C22H21ClN4OS. The zero-order chi connectivity index (χ0) is 20.2. The predicted molar refractivity (Wildman–Crippen MR) is 117 cm³/mol. The molecule has 1 amide bonds. The van der Waals surface area contributed by atoms with Gasteiger partial charge in [0.15, 0.2) is 11.0 Å². The number of rotatable bonds is 8. The molecule has 1 atom stereocenters. The van der Waals surface area contributed by atoms with Crippen LogP contribution >= 0.6 is 23.4 Å². The highest BCUT2D eigenvalue weighted by Crippen LogP contribution is 2.37. The van der Waals surface area contributed by atoms with Gasteiger partial charge in [-0.1, -0.05) is 59.8 Å². The number of hydrogen-bond donors (Lipinski definition) is 1. The minimum atomic E-state index is -0.400. The Kier molecular flexibility index (Phi) is 6.02. The van der Waals surface area contributed by atoms with Gasteiger partial charge in [-0.05, 0) is 42.7 Å². The Morgan fingerprint density at radius 1 is 1.21 bits per heavy atom. The number of aromatic nitrogens is 3. The molecule has 1 heterocycles. The van der Waals surface area contributed by atoms with Gasteiger partial charge in [-0.25, -0.2) is 0 Å². The van der Waals surface area contributed by atoms with Gasteiger partial charge in [-0.2, -0.15) is 0 Å². The molecule has 2 aromatic carbocycles. The number of benzene rings is 2. The summed E-state index contributed by atoms with van der Waals surface area (Å²) in [5, 5.41) is 12.8. The topological polar surface area (TPSA) is 59.8 Å². The van der Waals surface area contributed by atoms with E-state index in [0.29, 0.717) is 22.8 Å². The molecule has 3 aromatic rings. The largest absolute Gasteiger partial charge is 0.352 e. The van der Waals surface area contributed by atoms with Crippen LogP contribution in [0.15, 0.2) is 72.4 Å². The molecule has 0 saturated heterocycles. The van der Waals surface area contributed by atoms with Crippen LogP contribution in [0.3, 0.4) is 0 Å². The van der Waals surface area contributed by atoms with Gasteiger partial charge >= 0.3 is 0 Å². The van der Waals surface area contributed by atoms with Gasteiger partial charge in [0, 0.05) is 23.2 Å². The second-order valence-corrected chi connectivity index (χ2v) is 8.41. The maximum Gasteiger partial charge on any atom is 0.238 e. The minimum absolute atomic E-state index is 0.00453. The summed E-state index contributed by atoms with van der Waals surface area (Å²) >= 11 is 7.42. The first-order valence-corrected chi connectivity index (χ1v) is 10.7. The van der Waals surface area contributed by atoms with Crippen LogP contribution in [0.1, 0.15) is 23.7 Å². The van der Waals surface area contributed by atoms with Crippen LogP contribution in [-0.4, -0.2) is 26.7 Å². The van der Waals surface area contributed by atoms with Crippen LogP contribution in [0, 0.1) is 0 Å². The molecule has 0 unspecified atom stereocenters. The number of carbonyl (C=O) groups is 1. The zero-order valence-electron chi connectivity index (χ0n) is 15.8. The highest BCUT2D eigenvalue weighted by atomic mass is 35.5. The van der Waals surface area contributed by atoms with Crippen molar-refractivity contribution >= 4 is 29.3 Å². The number of thioether (sulfide) groups is 1. The van der Waals surface area contributed by atoms with E-state index in [-0.39, 0.29) is 5.91 Å². The van der Waals surface area contributed by atoms with E-state index >= 15 is 0 Å². The smallest absolute Gasteiger partial charge is 0.238 e. The third-order valence-corrected chi connectivity index (χ3v) is 6.11. The summed E-state index contributed by atoms with van der Waals surface area (Å²) in [5.41, 5.74) is 1.85. The van der Waals surface area contributed by atoms with E-state index in [2.05, 4.69) is 22.1 Å². The molecule has 5 nitrogen and oxygen atoms in total. The van der Waals surface area contributed by atoms with Gasteiger partial charge < -0.3 is 5.32 Å². The van der Waals surface area contributed by atoms with Crippen molar-refractivity contribution in [3.8, 4) is 11.4 Å². The molecule has 1 aromatic heterocycles. The number of nitrogens with one attached hydrogen (secondary N) is 1. The van der Waals surface area contributed by atoms with E-state index in [1.807, 2.05) is 59.2 Å². The van der Waals surface area contributed by atoms with Gasteiger partial charge in [0.25, 0.3) is 0 Å². The predicted octanol–water partition coefficient (Wildman–Crippen LogP) is 4.90. The van der Waals surface area contributed by atoms with Gasteiger partial charge in [0.1, 0.15) is 5.25 Å². The fourth-order valence-electron chi connectivity index (χ4n) is 2.99. The Balaban J connectivity index is 1.67. The van der Waals surface area contributed by atoms with E-state index in [9.17, 15) is 4.79 Å². The second kappa shape index (κ2) is 8.84. The average Bonchev–Trinajstić information content (AvgIpc) is 3.47. The molecule has 29 heavy (non-hydrogen) atoms. The third kappa shape index (κ3) is 4.71. The molecule has 0 bridgehead atoms. The van der Waals surface area contributed by atoms with Gasteiger partial charge in [-0.15, -0.1) is 16.8 Å². The molecule has 1 aliphatic rings. The average molecular weight is 425 g/mol. The second-order valence-electron chi connectivity index (χ2n) is 6.90. The maximum absolute atomic E-state index is 13.0. The lowest BCUT2D eigenvalue weighted by atomic mass is 10.1. The third-order valence-electron chi connectivity index (χ3n) is 4.62. The van der Waals surface area contributed by atoms with Crippen molar-refractivity contribution in [3.05, 3.63) is 77.8 Å². The van der Waals surface area contributed by atoms with Crippen molar-refractivity contribution in [2.45, 2.75) is 35.8 Å². The highest BCUT2D eigenvalue weighted by molar-refractivity contribution is 8.00. The summed E-state index contributed by atoms with van der Waals surface area (Å²) in [6.07, 6.45) is 3.89. The molecule has 1 saturated carbocycles. The quantitative estimate of drug-likeness (QED) is 0.413. The molecule has 148 valence electrons. The van der Waals surface area contributed by atoms with E-state index in [0.717, 1.165) is 29.8 Å². The maximum atomic E-state index is 13.0. The van der Waals surface area contributed by atoms with Crippen molar-refractivity contribution in [1.82, 2.24) is 20.1 Å². The minimum Gasteiger partial charge on any atom is -0.352 e. The van der Waals surface area contributed by atoms with Gasteiger partial charge in [0.05, 0.1) is 0 Å². The molecule has 1 fully saturated rings. The molecule has 0 radical (unpaired) electrons. The Hall–Kier alpha value is -2.57. The van der Waals surface area contributed by atoms with E-state index in [4.69, 9.17) is 11.6 Å². The summed E-state index contributed by atoms with van der Waals surface area (Å²) in [6, 6.07) is 17.6. The van der Waals surface area contributed by atoms with Crippen molar-refractivity contribution in [1.29, 1.82) is 0 Å². The Bertz CT molecular complexity index is 999. The van der Waals surface area contributed by atoms with Crippen LogP contribution in [0.4, 0.5) is 0 Å². The Morgan fingerprint density at radius 2 is 1.93 bits per heavy atom. The summed E-state index contributed by atoms with van der Waals surface area (Å²) in [6.45, 7) is 4.40. The molecular weight excluding hydrogens is 404 g/mol. The number of allylic oxidation sites excluding steroid dienone is 1. The van der Waals surface area contributed by atoms with Crippen LogP contribution in [0.5, 0.6) is 0 Å². The first-order chi connectivity index (χ1) is 14.2. The monoisotopic (exact) mass is 424 g/mol. The summed E-state index contributed by atoms with van der Waals surface area (Å²) < 4.78 is 1.97. The molecule has 0 aliphatic heterocycles. The van der Waals surface area contributed by atoms with E-state index in [1.54, 1.807) is 6.08 Å². The van der Waals surface area contributed by atoms with Crippen molar-refractivity contribution in [2.75, 3.05) is 0 Å². The van der Waals surface area contributed by atoms with Crippen LogP contribution in [0.2, 0.25) is 5.02 Å². The SMILES string of the molecule is C=CCn1c(S[C@@H](C(=O)NC2CC2)c2ccccc2)nnc1-c1ccc(Cl)cc1. The Morgan fingerprint density at radius 3 is 2.59 bits per heavy atom. The fourth-order valence-corrected chi connectivity index (χ4v) is 4.17. The summed E-state index contributed by atoms with van der Waals surface area (Å²) in [7, 11) is 0. The highest BCUT2D eigenvalue weighted by Gasteiger charge is 2.30. The standard InChI is InChI=1S/C22H21ClN4OS/c1-2-14-27-20(16-8-10-17(23)11-9-16)25-26-22(27)29-19(15-6-4-3-5-7-15)21(28)24-18-12-13-18/h2-11,18-19H,1,12-14H2,(H,24,28)/t19-/m1/s1. The molecule has 0 spiro atoms. The fraction of sp³-hybridized carbons (Fsp3) is 0.227. The first kappa shape index (κ1) is 19.7. The summed E-state index contributed by atoms with van der Waals surface area (Å²) in [5.74, 6) is 0.725. The van der Waals surface area contributed by atoms with Gasteiger partial charge in [-0.3, -0.25) is 9.36 Å². The zero-order valence-corrected chi connectivity index (χ0v) is 17.4. The molecule has 1 aliphatic carbocycles. The number of hydrogen-bond acceptors (Lipinski definition) is 4. The number of nitrogens with zero attached hydrogens (tertiary/aromatic N) is 3. The van der Waals surface area contributed by atoms with E-state index < -0.39 is 5.25 Å². The van der Waals surface area contributed by atoms with Crippen molar-refractivity contribution < 1.29 is 4.79 Å². The van der Waals surface area contributed by atoms with E-state index in [1.165, 1.54) is 11.8 Å². The van der Waals surface area contributed by atoms with Crippen molar-refractivity contribution in [3.63, 3.8) is 0 Å². The normalized spacial score (nSPS) is 14.4. The lowest BCUT2D eigenvalue weighted by Crippen LogP contribution is -2.30. The van der Waals surface area contributed by atoms with Gasteiger partial charge in [0.2, 0.25) is 5.91 Å². The lowest BCUT2D eigenvalue weighted by molar-refractivity contribution is -0.120. The molecule has 1 N–H and O–H groups in total. The van der Waals surface area contributed by atoms with Crippen LogP contribution in [-0.2, 0) is 11.3 Å². The van der Waals surface area contributed by atoms with Crippen LogP contribution in [0.25, 0.3) is 11.4 Å². The first-order valence-electron chi connectivity index (χ1n) is 9.47. The number of halogens is 1. The van der Waals surface area contributed by atoms with Crippen molar-refractivity contribution in [2.24, 2.45) is 0 Å². The molecule has 7 heteroatoms. The Labute approximate surface area is 179 Å². The summed E-state index contributed by atoms with van der Waals surface area (Å²) in [4.78, 5) is 13.0. The lowest BCUT2D eigenvalue weighted by Gasteiger charge is -2.17. The molecule has 4 rings (SSSR count). The number of carbonyl (C=O) groups excluding carboxylic acids is 1. The number of amides is 1.